The van der Waals surface area contributed by atoms with Gasteiger partial charge in [0, 0.05) is 11.6 Å². The minimum atomic E-state index is -1.13. The number of hydrogen-bond donors (Lipinski definition) is 0. The van der Waals surface area contributed by atoms with Crippen molar-refractivity contribution in [2.24, 2.45) is 0 Å². The third-order valence-corrected chi connectivity index (χ3v) is 4.29. The normalized spacial score (nSPS) is 18.3. The summed E-state index contributed by atoms with van der Waals surface area (Å²) in [4.78, 5) is 12.7. The van der Waals surface area contributed by atoms with Crippen molar-refractivity contribution < 1.29 is 14.3 Å². The van der Waals surface area contributed by atoms with Gasteiger partial charge in [0.2, 0.25) is 0 Å². The smallest absolute Gasteiger partial charge is 0.349 e. The number of hydrogen-bond acceptors (Lipinski definition) is 6. The first-order valence-electron chi connectivity index (χ1n) is 6.94. The molecular formula is C17H16N2O3S. The zero-order chi connectivity index (χ0) is 17.3. The molecule has 0 bridgehead atoms. The summed E-state index contributed by atoms with van der Waals surface area (Å²) < 4.78 is 11.4. The molecule has 5 nitrogen and oxygen atoms in total. The van der Waals surface area contributed by atoms with Gasteiger partial charge in [-0.2, -0.15) is 10.5 Å². The fourth-order valence-corrected chi connectivity index (χ4v) is 2.95. The van der Waals surface area contributed by atoms with Crippen LogP contribution in [0.5, 0.6) is 0 Å². The van der Waals surface area contributed by atoms with Crippen LogP contribution in [-0.4, -0.2) is 17.2 Å². The van der Waals surface area contributed by atoms with E-state index in [9.17, 15) is 10.1 Å². The van der Waals surface area contributed by atoms with Crippen LogP contribution in [0, 0.1) is 22.7 Å². The molecule has 1 aromatic heterocycles. The van der Waals surface area contributed by atoms with Crippen LogP contribution >= 0.6 is 11.3 Å². The molecule has 0 N–H and O–H groups in total. The van der Waals surface area contributed by atoms with Crippen molar-refractivity contribution in [1.82, 2.24) is 0 Å². The maximum Gasteiger partial charge on any atom is 0.349 e. The molecule has 1 aliphatic rings. The van der Waals surface area contributed by atoms with Crippen molar-refractivity contribution in [2.45, 2.75) is 38.9 Å². The lowest BCUT2D eigenvalue weighted by Gasteiger charge is -2.29. The lowest BCUT2D eigenvalue weighted by Crippen LogP contribution is -2.33. The zero-order valence-corrected chi connectivity index (χ0v) is 14.2. The monoisotopic (exact) mass is 328 g/mol. The van der Waals surface area contributed by atoms with Gasteiger partial charge in [-0.1, -0.05) is 6.07 Å². The van der Waals surface area contributed by atoms with Gasteiger partial charge in [0.05, 0.1) is 6.07 Å². The number of thiophene rings is 1. The van der Waals surface area contributed by atoms with E-state index in [4.69, 9.17) is 14.7 Å². The van der Waals surface area contributed by atoms with E-state index < -0.39 is 17.2 Å². The van der Waals surface area contributed by atoms with Gasteiger partial charge in [0.15, 0.2) is 11.4 Å². The quantitative estimate of drug-likeness (QED) is 0.624. The molecule has 6 heteroatoms. The Labute approximate surface area is 139 Å². The van der Waals surface area contributed by atoms with E-state index >= 15 is 0 Å². The first-order valence-corrected chi connectivity index (χ1v) is 7.82. The average molecular weight is 328 g/mol. The van der Waals surface area contributed by atoms with Gasteiger partial charge in [-0.15, -0.1) is 11.3 Å². The summed E-state index contributed by atoms with van der Waals surface area (Å²) in [5, 5.41) is 20.2. The van der Waals surface area contributed by atoms with Gasteiger partial charge < -0.3 is 9.47 Å². The predicted molar refractivity (Wildman–Crippen MR) is 85.3 cm³/mol. The zero-order valence-electron chi connectivity index (χ0n) is 13.3. The average Bonchev–Trinajstić information content (AvgIpc) is 3.06. The first kappa shape index (κ1) is 16.8. The van der Waals surface area contributed by atoms with Crippen LogP contribution in [0.3, 0.4) is 0 Å². The highest BCUT2D eigenvalue weighted by atomic mass is 32.1. The molecular weight excluding hydrogens is 312 g/mol. The molecule has 0 atom stereocenters. The Bertz CT molecular complexity index is 772. The summed E-state index contributed by atoms with van der Waals surface area (Å²) in [6.07, 6.45) is 1.29. The van der Waals surface area contributed by atoms with Crippen molar-refractivity contribution in [2.75, 3.05) is 0 Å². The van der Waals surface area contributed by atoms with Crippen LogP contribution in [0.15, 0.2) is 40.5 Å². The molecule has 0 fully saturated rings. The fourth-order valence-electron chi connectivity index (χ4n) is 2.35. The van der Waals surface area contributed by atoms with Gasteiger partial charge >= 0.3 is 5.97 Å². The number of allylic oxidation sites excluding steroid dienone is 1. The number of rotatable bonds is 3. The topological polar surface area (TPSA) is 83.1 Å². The molecule has 2 heterocycles. The Hall–Kier alpha value is -2.57. The van der Waals surface area contributed by atoms with E-state index in [-0.39, 0.29) is 11.3 Å². The van der Waals surface area contributed by atoms with Crippen LogP contribution in [-0.2, 0) is 9.47 Å². The van der Waals surface area contributed by atoms with E-state index in [2.05, 4.69) is 6.07 Å². The van der Waals surface area contributed by atoms with Gasteiger partial charge in [0.1, 0.15) is 22.1 Å². The summed E-state index contributed by atoms with van der Waals surface area (Å²) in [7, 11) is 0. The standard InChI is InChI=1S/C17H16N2O3S/c1-16(2)12(7-8-18)11(10-19)14(21-16)17(3,4)22-15(20)13-6-5-9-23-13/h5-7,9H,1-4H3/b12-7-. The minimum Gasteiger partial charge on any atom is -0.482 e. The third-order valence-electron chi connectivity index (χ3n) is 3.44. The van der Waals surface area contributed by atoms with Crippen LogP contribution in [0.1, 0.15) is 37.4 Å². The van der Waals surface area contributed by atoms with Crippen molar-refractivity contribution in [3.05, 3.63) is 45.4 Å². The number of carbonyl (C=O) groups excluding carboxylic acids is 1. The van der Waals surface area contributed by atoms with Gasteiger partial charge in [-0.25, -0.2) is 4.79 Å². The van der Waals surface area contributed by atoms with Crippen molar-refractivity contribution in [1.29, 1.82) is 10.5 Å². The fraction of sp³-hybridized carbons (Fsp3) is 0.353. The summed E-state index contributed by atoms with van der Waals surface area (Å²) >= 11 is 1.28. The Morgan fingerprint density at radius 3 is 2.65 bits per heavy atom. The lowest BCUT2D eigenvalue weighted by molar-refractivity contribution is -0.0291. The summed E-state index contributed by atoms with van der Waals surface area (Å²) in [5.74, 6) is -0.217. The van der Waals surface area contributed by atoms with Crippen molar-refractivity contribution in [3.63, 3.8) is 0 Å². The molecule has 0 saturated carbocycles. The first-order chi connectivity index (χ1) is 10.7. The van der Waals surface area contributed by atoms with Crippen LogP contribution < -0.4 is 0 Å². The maximum atomic E-state index is 12.2. The molecule has 118 valence electrons. The SMILES string of the molecule is CC(C)(OC(=O)c1cccs1)C1=C(C#N)/C(=C/C#N)C(C)(C)O1. The Morgan fingerprint density at radius 1 is 1.43 bits per heavy atom. The number of carbonyl (C=O) groups is 1. The Kier molecular flexibility index (Phi) is 4.31. The molecule has 0 aromatic carbocycles. The van der Waals surface area contributed by atoms with E-state index in [0.29, 0.717) is 10.5 Å². The van der Waals surface area contributed by atoms with Crippen LogP contribution in [0.2, 0.25) is 0 Å². The molecule has 0 unspecified atom stereocenters. The third kappa shape index (κ3) is 3.13. The number of nitriles is 2. The second kappa shape index (κ2) is 5.91. The number of nitrogens with zero attached hydrogens (tertiary/aromatic N) is 2. The largest absolute Gasteiger partial charge is 0.482 e. The van der Waals surface area contributed by atoms with Gasteiger partial charge in [-0.3, -0.25) is 0 Å². The van der Waals surface area contributed by atoms with E-state index in [1.807, 2.05) is 6.07 Å². The molecule has 0 saturated heterocycles. The number of esters is 1. The summed E-state index contributed by atoms with van der Waals surface area (Å²) in [5.41, 5.74) is -1.24. The highest BCUT2D eigenvalue weighted by molar-refractivity contribution is 7.11. The summed E-state index contributed by atoms with van der Waals surface area (Å²) in [6.45, 7) is 6.85. The lowest BCUT2D eigenvalue weighted by atomic mass is 9.92. The molecule has 0 spiro atoms. The van der Waals surface area contributed by atoms with Crippen LogP contribution in [0.4, 0.5) is 0 Å². The van der Waals surface area contributed by atoms with Gasteiger partial charge in [-0.05, 0) is 39.1 Å². The Balaban J connectivity index is 2.40. The summed E-state index contributed by atoms with van der Waals surface area (Å²) in [6, 6.07) is 7.43. The Morgan fingerprint density at radius 2 is 2.13 bits per heavy atom. The minimum absolute atomic E-state index is 0.237. The van der Waals surface area contributed by atoms with Gasteiger partial charge in [0.25, 0.3) is 0 Å². The molecule has 1 aliphatic heterocycles. The van der Waals surface area contributed by atoms with E-state index in [1.165, 1.54) is 17.4 Å². The number of ether oxygens (including phenoxy) is 2. The predicted octanol–water partition coefficient (Wildman–Crippen LogP) is 3.72. The second-order valence-electron chi connectivity index (χ2n) is 5.99. The van der Waals surface area contributed by atoms with E-state index in [0.717, 1.165) is 0 Å². The van der Waals surface area contributed by atoms with Crippen molar-refractivity contribution in [3.8, 4) is 12.1 Å². The molecule has 0 amide bonds. The van der Waals surface area contributed by atoms with Crippen molar-refractivity contribution >= 4 is 17.3 Å². The van der Waals surface area contributed by atoms with Crippen LogP contribution in [0.25, 0.3) is 0 Å². The maximum absolute atomic E-state index is 12.2. The molecule has 1 aromatic rings. The molecule has 0 radical (unpaired) electrons. The molecule has 0 aliphatic carbocycles. The highest BCUT2D eigenvalue weighted by Crippen LogP contribution is 2.43. The molecule has 23 heavy (non-hydrogen) atoms. The highest BCUT2D eigenvalue weighted by Gasteiger charge is 2.45. The molecule has 2 rings (SSSR count). The van der Waals surface area contributed by atoms with E-state index in [1.54, 1.807) is 45.2 Å². The second-order valence-corrected chi connectivity index (χ2v) is 6.94.